The minimum atomic E-state index is -0.497. The molecule has 1 aliphatic rings. The molecule has 1 aliphatic heterocycles. The van der Waals surface area contributed by atoms with E-state index in [9.17, 15) is 9.59 Å². The van der Waals surface area contributed by atoms with Crippen molar-refractivity contribution in [3.63, 3.8) is 0 Å². The molecule has 1 fully saturated rings. The van der Waals surface area contributed by atoms with Gasteiger partial charge in [0.05, 0.1) is 5.69 Å². The van der Waals surface area contributed by atoms with Gasteiger partial charge in [-0.25, -0.2) is 0 Å². The number of aromatic nitrogens is 1. The van der Waals surface area contributed by atoms with Crippen LogP contribution in [0.2, 0.25) is 0 Å². The number of hydrogen-bond donors (Lipinski definition) is 3. The molecule has 2 amide bonds. The molecule has 1 aromatic heterocycles. The maximum absolute atomic E-state index is 11.9. The predicted octanol–water partition coefficient (Wildman–Crippen LogP) is 0.842. The molecule has 6 nitrogen and oxygen atoms in total. The van der Waals surface area contributed by atoms with Crippen LogP contribution in [0, 0.1) is 5.92 Å². The molecule has 20 heavy (non-hydrogen) atoms. The van der Waals surface area contributed by atoms with Crippen LogP contribution in [0.4, 0.5) is 5.69 Å². The number of hydrogen-bond acceptors (Lipinski definition) is 3. The van der Waals surface area contributed by atoms with E-state index in [0.29, 0.717) is 23.7 Å². The number of aryl methyl sites for hydroxylation is 1. The first kappa shape index (κ1) is 14.6. The Morgan fingerprint density at radius 2 is 2.15 bits per heavy atom. The van der Waals surface area contributed by atoms with Crippen molar-refractivity contribution < 1.29 is 9.59 Å². The van der Waals surface area contributed by atoms with Crippen LogP contribution in [0.1, 0.15) is 36.2 Å². The minimum absolute atomic E-state index is 0.00912. The third kappa shape index (κ3) is 3.84. The molecular weight excluding hydrogens is 256 g/mol. The van der Waals surface area contributed by atoms with Gasteiger partial charge in [0, 0.05) is 19.7 Å². The molecule has 0 bridgehead atoms. The first-order valence-corrected chi connectivity index (χ1v) is 7.03. The van der Waals surface area contributed by atoms with E-state index in [1.807, 2.05) is 0 Å². The molecule has 0 aliphatic carbocycles. The van der Waals surface area contributed by atoms with Crippen LogP contribution in [0.5, 0.6) is 0 Å². The highest BCUT2D eigenvalue weighted by Crippen LogP contribution is 2.19. The third-order valence-corrected chi connectivity index (χ3v) is 3.78. The van der Waals surface area contributed by atoms with Crippen LogP contribution in [0.3, 0.4) is 0 Å². The fourth-order valence-corrected chi connectivity index (χ4v) is 2.61. The molecule has 0 radical (unpaired) electrons. The lowest BCUT2D eigenvalue weighted by atomic mass is 9.93. The zero-order valence-electron chi connectivity index (χ0n) is 11.8. The van der Waals surface area contributed by atoms with Crippen molar-refractivity contribution in [3.05, 3.63) is 18.0 Å². The summed E-state index contributed by atoms with van der Waals surface area (Å²) in [5, 5.41) is 6.13. The van der Waals surface area contributed by atoms with Crippen LogP contribution < -0.4 is 16.4 Å². The second-order valence-corrected chi connectivity index (χ2v) is 5.37. The van der Waals surface area contributed by atoms with E-state index >= 15 is 0 Å². The second-order valence-electron chi connectivity index (χ2n) is 5.37. The van der Waals surface area contributed by atoms with Crippen molar-refractivity contribution >= 4 is 17.5 Å². The first-order chi connectivity index (χ1) is 9.56. The molecule has 4 N–H and O–H groups in total. The second kappa shape index (κ2) is 6.56. The van der Waals surface area contributed by atoms with Crippen molar-refractivity contribution in [1.82, 2.24) is 9.88 Å². The number of nitrogens with one attached hydrogen (secondary N) is 2. The van der Waals surface area contributed by atoms with E-state index in [1.165, 1.54) is 0 Å². The maximum atomic E-state index is 11.9. The smallest absolute Gasteiger partial charge is 0.265 e. The van der Waals surface area contributed by atoms with Crippen molar-refractivity contribution in [2.24, 2.45) is 18.7 Å². The molecule has 2 heterocycles. The van der Waals surface area contributed by atoms with Crippen LogP contribution in [-0.4, -0.2) is 29.5 Å². The van der Waals surface area contributed by atoms with Gasteiger partial charge in [-0.1, -0.05) is 0 Å². The van der Waals surface area contributed by atoms with Crippen LogP contribution in [-0.2, 0) is 11.8 Å². The molecule has 0 aromatic carbocycles. The van der Waals surface area contributed by atoms with Gasteiger partial charge in [-0.3, -0.25) is 9.59 Å². The summed E-state index contributed by atoms with van der Waals surface area (Å²) >= 11 is 0. The number of nitrogens with zero attached hydrogens (tertiary/aromatic N) is 1. The molecule has 110 valence electrons. The summed E-state index contributed by atoms with van der Waals surface area (Å²) in [4.78, 5) is 23.0. The van der Waals surface area contributed by atoms with Crippen LogP contribution >= 0.6 is 0 Å². The highest BCUT2D eigenvalue weighted by molar-refractivity contribution is 5.95. The number of nitrogens with two attached hydrogens (primary N) is 1. The standard InChI is InChI=1S/C14H22N4O2/c1-18-9-11(8-12(18)14(15)20)17-13(19)3-2-10-4-6-16-7-5-10/h8-10,16H,2-7H2,1H3,(H2,15,20)(H,17,19). The van der Waals surface area contributed by atoms with Gasteiger partial charge in [-0.2, -0.15) is 0 Å². The van der Waals surface area contributed by atoms with Gasteiger partial charge >= 0.3 is 0 Å². The van der Waals surface area contributed by atoms with Gasteiger partial charge in [0.1, 0.15) is 5.69 Å². The van der Waals surface area contributed by atoms with Gasteiger partial charge in [0.2, 0.25) is 5.91 Å². The number of rotatable bonds is 5. The summed E-state index contributed by atoms with van der Waals surface area (Å²) in [6.07, 6.45) is 5.42. The molecule has 6 heteroatoms. The highest BCUT2D eigenvalue weighted by Gasteiger charge is 2.15. The third-order valence-electron chi connectivity index (χ3n) is 3.78. The van der Waals surface area contributed by atoms with E-state index in [0.717, 1.165) is 32.4 Å². The van der Waals surface area contributed by atoms with Crippen molar-refractivity contribution in [2.45, 2.75) is 25.7 Å². The van der Waals surface area contributed by atoms with Crippen LogP contribution in [0.25, 0.3) is 0 Å². The van der Waals surface area contributed by atoms with E-state index in [-0.39, 0.29) is 5.91 Å². The van der Waals surface area contributed by atoms with Crippen molar-refractivity contribution in [1.29, 1.82) is 0 Å². The van der Waals surface area contributed by atoms with E-state index in [4.69, 9.17) is 5.73 Å². The summed E-state index contributed by atoms with van der Waals surface area (Å²) in [6, 6.07) is 1.60. The Labute approximate surface area is 118 Å². The molecule has 0 saturated carbocycles. The zero-order valence-corrected chi connectivity index (χ0v) is 11.8. The summed E-state index contributed by atoms with van der Waals surface area (Å²) < 4.78 is 1.62. The Kier molecular flexibility index (Phi) is 4.79. The average Bonchev–Trinajstić information content (AvgIpc) is 2.78. The van der Waals surface area contributed by atoms with Crippen LogP contribution in [0.15, 0.2) is 12.3 Å². The quantitative estimate of drug-likeness (QED) is 0.745. The van der Waals surface area contributed by atoms with Gasteiger partial charge in [0.25, 0.3) is 5.91 Å². The number of carbonyl (C=O) groups excluding carboxylic acids is 2. The highest BCUT2D eigenvalue weighted by atomic mass is 16.2. The fourth-order valence-electron chi connectivity index (χ4n) is 2.61. The molecule has 0 spiro atoms. The Morgan fingerprint density at radius 3 is 2.75 bits per heavy atom. The number of anilines is 1. The monoisotopic (exact) mass is 278 g/mol. The Hall–Kier alpha value is -1.82. The largest absolute Gasteiger partial charge is 0.364 e. The minimum Gasteiger partial charge on any atom is -0.364 e. The molecular formula is C14H22N4O2. The summed E-state index contributed by atoms with van der Waals surface area (Å²) in [5.41, 5.74) is 6.25. The van der Waals surface area contributed by atoms with Crippen molar-refractivity contribution in [3.8, 4) is 0 Å². The lowest BCUT2D eigenvalue weighted by Crippen LogP contribution is -2.28. The van der Waals surface area contributed by atoms with Gasteiger partial charge in [0.15, 0.2) is 0 Å². The number of piperidine rings is 1. The normalized spacial score (nSPS) is 16.1. The summed E-state index contributed by atoms with van der Waals surface area (Å²) in [6.45, 7) is 2.10. The van der Waals surface area contributed by atoms with E-state index < -0.39 is 5.91 Å². The van der Waals surface area contributed by atoms with Crippen molar-refractivity contribution in [2.75, 3.05) is 18.4 Å². The maximum Gasteiger partial charge on any atom is 0.265 e. The number of amides is 2. The fraction of sp³-hybridized carbons (Fsp3) is 0.571. The molecule has 1 aromatic rings. The lowest BCUT2D eigenvalue weighted by molar-refractivity contribution is -0.116. The number of primary amides is 1. The van der Waals surface area contributed by atoms with Gasteiger partial charge < -0.3 is 20.9 Å². The van der Waals surface area contributed by atoms with Gasteiger partial charge in [-0.05, 0) is 44.3 Å². The lowest BCUT2D eigenvalue weighted by Gasteiger charge is -2.22. The molecule has 0 unspecified atom stereocenters. The first-order valence-electron chi connectivity index (χ1n) is 7.03. The zero-order chi connectivity index (χ0) is 14.5. The molecule has 1 saturated heterocycles. The Balaban J connectivity index is 1.81. The topological polar surface area (TPSA) is 89.2 Å². The SMILES string of the molecule is Cn1cc(NC(=O)CCC2CCNCC2)cc1C(N)=O. The molecule has 2 rings (SSSR count). The average molecular weight is 278 g/mol. The summed E-state index contributed by atoms with van der Waals surface area (Å²) in [7, 11) is 1.73. The molecule has 0 atom stereocenters. The number of carbonyl (C=O) groups is 2. The Bertz CT molecular complexity index is 489. The summed E-state index contributed by atoms with van der Waals surface area (Å²) in [5.74, 6) is 0.131. The Morgan fingerprint density at radius 1 is 1.45 bits per heavy atom. The predicted molar refractivity (Wildman–Crippen MR) is 77.4 cm³/mol. The van der Waals surface area contributed by atoms with E-state index in [2.05, 4.69) is 10.6 Å². The van der Waals surface area contributed by atoms with Gasteiger partial charge in [-0.15, -0.1) is 0 Å². The van der Waals surface area contributed by atoms with E-state index in [1.54, 1.807) is 23.9 Å².